The summed E-state index contributed by atoms with van der Waals surface area (Å²) in [5, 5.41) is 13.1. The lowest BCUT2D eigenvalue weighted by molar-refractivity contribution is -0.102. The minimum absolute atomic E-state index is 1.42. The van der Waals surface area contributed by atoms with Gasteiger partial charge in [-0.25, -0.2) is 0 Å². The number of halogens is 1. The van der Waals surface area contributed by atoms with E-state index in [1.807, 2.05) is 0 Å². The Morgan fingerprint density at radius 3 is 2.00 bits per heavy atom. The second kappa shape index (κ2) is 1.68. The number of nitrogens with zero attached hydrogens (tertiary/aromatic N) is 1. The van der Waals surface area contributed by atoms with Gasteiger partial charge in [-0.15, -0.1) is 5.21 Å². The standard InChI is InChI=1S/CH2FNO3/c2-3(6)1(4)5/h6H,(H,4,5)/q+1. The molecule has 0 aromatic heterocycles. The highest BCUT2D eigenvalue weighted by Gasteiger charge is 2.24. The lowest BCUT2D eigenvalue weighted by Crippen LogP contribution is -2.20. The maximum Gasteiger partial charge on any atom is 0.650 e. The zero-order valence-corrected chi connectivity index (χ0v) is 2.63. The number of carboxylic acid groups (broad SMARTS) is 1. The second-order valence-electron chi connectivity index (χ2n) is 0.543. The maximum atomic E-state index is 10.6. The van der Waals surface area contributed by atoms with E-state index in [0.717, 1.165) is 0 Å². The Morgan fingerprint density at radius 1 is 1.83 bits per heavy atom. The van der Waals surface area contributed by atoms with Crippen LogP contribution in [0.2, 0.25) is 0 Å². The van der Waals surface area contributed by atoms with Crippen LogP contribution in [0.3, 0.4) is 0 Å². The van der Waals surface area contributed by atoms with Crippen LogP contribution in [0.25, 0.3) is 0 Å². The van der Waals surface area contributed by atoms with Gasteiger partial charge in [0.05, 0.1) is 0 Å². The fourth-order valence-electron chi connectivity index (χ4n) is 0. The van der Waals surface area contributed by atoms with Gasteiger partial charge in [0, 0.05) is 0 Å². The largest absolute Gasteiger partial charge is 0.650 e. The van der Waals surface area contributed by atoms with Crippen LogP contribution < -0.4 is 5.29 Å². The first-order valence-electron chi connectivity index (χ1n) is 1.02. The monoisotopic (exact) mass is 95.0 g/mol. The molecule has 0 aromatic rings. The lowest BCUT2D eigenvalue weighted by Gasteiger charge is -1.68. The molecule has 0 atom stereocenters. The molecule has 1 amide bonds. The molecule has 0 heterocycles. The zero-order chi connectivity index (χ0) is 5.15. The molecule has 0 aromatic carbocycles. The highest BCUT2D eigenvalue weighted by Crippen LogP contribution is 1.72. The quantitative estimate of drug-likeness (QED) is 0.254. The van der Waals surface area contributed by atoms with E-state index in [4.69, 9.17) is 15.1 Å². The van der Waals surface area contributed by atoms with Crippen molar-refractivity contribution in [3.05, 3.63) is 0 Å². The van der Waals surface area contributed by atoms with Gasteiger partial charge < -0.3 is 5.11 Å². The average Bonchev–Trinajstić information content (AvgIpc) is 1.36. The van der Waals surface area contributed by atoms with Crippen molar-refractivity contribution in [1.29, 1.82) is 0 Å². The molecule has 0 aliphatic carbocycles. The predicted octanol–water partition coefficient (Wildman–Crippen LogP) is 0.0782. The molecule has 1 radical (unpaired) electrons. The minimum atomic E-state index is -2.02. The first-order valence-corrected chi connectivity index (χ1v) is 1.02. The van der Waals surface area contributed by atoms with Gasteiger partial charge in [-0.05, 0) is 0 Å². The second-order valence-corrected chi connectivity index (χ2v) is 0.543. The van der Waals surface area contributed by atoms with Gasteiger partial charge in [-0.3, -0.25) is 0 Å². The highest BCUT2D eigenvalue weighted by atomic mass is 19.2. The van der Waals surface area contributed by atoms with Gasteiger partial charge in [-0.2, -0.15) is 4.79 Å². The van der Waals surface area contributed by atoms with E-state index in [1.165, 1.54) is 0 Å². The summed E-state index contributed by atoms with van der Waals surface area (Å²) in [4.78, 5) is 9.00. The third kappa shape index (κ3) is 1.62. The van der Waals surface area contributed by atoms with E-state index < -0.39 is 11.4 Å². The fourth-order valence-corrected chi connectivity index (χ4v) is 0. The summed E-state index contributed by atoms with van der Waals surface area (Å²) in [7, 11) is 0. The van der Waals surface area contributed by atoms with Crippen LogP contribution in [0.15, 0.2) is 0 Å². The number of hydrogen-bond donors (Lipinski definition) is 2. The van der Waals surface area contributed by atoms with Gasteiger partial charge in [0.25, 0.3) is 0 Å². The summed E-state index contributed by atoms with van der Waals surface area (Å²) in [6.45, 7) is 0. The Hall–Kier alpha value is -0.680. The van der Waals surface area contributed by atoms with Crippen molar-refractivity contribution in [3.63, 3.8) is 0 Å². The number of rotatable bonds is 0. The molecule has 0 bridgehead atoms. The van der Waals surface area contributed by atoms with Crippen molar-refractivity contribution in [1.82, 2.24) is 5.29 Å². The van der Waals surface area contributed by atoms with Gasteiger partial charge in [-0.1, -0.05) is 0 Å². The molecule has 0 rings (SSSR count). The van der Waals surface area contributed by atoms with Crippen molar-refractivity contribution in [2.75, 3.05) is 0 Å². The molecule has 35 valence electrons. The topological polar surface area (TPSA) is 63.4 Å². The molecule has 4 nitrogen and oxygen atoms in total. The van der Waals surface area contributed by atoms with E-state index >= 15 is 0 Å². The van der Waals surface area contributed by atoms with E-state index in [0.29, 0.717) is 0 Å². The molecule has 2 N–H and O–H groups in total. The molecular formula is CH2FNO3+. The highest BCUT2D eigenvalue weighted by molar-refractivity contribution is 5.64. The summed E-state index contributed by atoms with van der Waals surface area (Å²) in [6.07, 6.45) is -2.02. The molecule has 0 aliphatic heterocycles. The summed E-state index contributed by atoms with van der Waals surface area (Å²) in [6, 6.07) is 0. The smallest absolute Gasteiger partial charge is 0.426 e. The van der Waals surface area contributed by atoms with Crippen LogP contribution in [0.5, 0.6) is 0 Å². The number of carbonyl (C=O) groups is 1. The third-order valence-electron chi connectivity index (χ3n) is 0.158. The summed E-state index contributed by atoms with van der Waals surface area (Å²) < 4.78 is 10.6. The number of amides is 1. The van der Waals surface area contributed by atoms with Gasteiger partial charge >= 0.3 is 11.4 Å². The number of hydrogen-bond acceptors (Lipinski definition) is 2. The van der Waals surface area contributed by atoms with Crippen LogP contribution in [0.1, 0.15) is 0 Å². The van der Waals surface area contributed by atoms with E-state index in [-0.39, 0.29) is 0 Å². The molecule has 0 saturated heterocycles. The van der Waals surface area contributed by atoms with Crippen LogP contribution in [0, 0.1) is 0 Å². The van der Waals surface area contributed by atoms with Crippen molar-refractivity contribution in [3.8, 4) is 0 Å². The summed E-state index contributed by atoms with van der Waals surface area (Å²) in [5.74, 6) is 0. The molecule has 0 fully saturated rings. The van der Waals surface area contributed by atoms with Crippen LogP contribution in [-0.4, -0.2) is 16.4 Å². The Labute approximate surface area is 32.3 Å². The van der Waals surface area contributed by atoms with Crippen LogP contribution in [-0.2, 0) is 0 Å². The SMILES string of the molecule is O=C(O)[N+](O)F. The first kappa shape index (κ1) is 5.32. The van der Waals surface area contributed by atoms with Gasteiger partial charge in [0.2, 0.25) is 0 Å². The molecule has 5 heteroatoms. The molecule has 0 spiro atoms. The number of hydroxylamine groups is 1. The molecule has 0 saturated carbocycles. The van der Waals surface area contributed by atoms with Crippen molar-refractivity contribution in [2.45, 2.75) is 0 Å². The lowest BCUT2D eigenvalue weighted by atomic mass is 11.3. The molecular weight excluding hydrogens is 93.0 g/mol. The average molecular weight is 95.0 g/mol. The minimum Gasteiger partial charge on any atom is -0.426 e. The Morgan fingerprint density at radius 2 is 2.00 bits per heavy atom. The van der Waals surface area contributed by atoms with Crippen molar-refractivity contribution in [2.24, 2.45) is 0 Å². The maximum absolute atomic E-state index is 10.6. The Bertz CT molecular complexity index is 61.8. The Balaban J connectivity index is 3.26. The van der Waals surface area contributed by atoms with E-state index in [2.05, 4.69) is 0 Å². The van der Waals surface area contributed by atoms with E-state index in [1.54, 1.807) is 0 Å². The third-order valence-corrected chi connectivity index (χ3v) is 0.158. The fraction of sp³-hybridized carbons (Fsp3) is 0. The van der Waals surface area contributed by atoms with Crippen LogP contribution in [0.4, 0.5) is 9.28 Å². The van der Waals surface area contributed by atoms with Gasteiger partial charge in [0.15, 0.2) is 0 Å². The first-order chi connectivity index (χ1) is 2.64. The van der Waals surface area contributed by atoms with E-state index in [9.17, 15) is 4.48 Å². The summed E-state index contributed by atoms with van der Waals surface area (Å²) in [5.41, 5.74) is 0. The zero-order valence-electron chi connectivity index (χ0n) is 2.63. The molecule has 0 unspecified atom stereocenters. The summed E-state index contributed by atoms with van der Waals surface area (Å²) >= 11 is 0. The molecule has 0 aliphatic rings. The van der Waals surface area contributed by atoms with Crippen LogP contribution >= 0.6 is 0 Å². The van der Waals surface area contributed by atoms with Gasteiger partial charge in [0.1, 0.15) is 4.48 Å². The van der Waals surface area contributed by atoms with Crippen molar-refractivity contribution < 1.29 is 19.6 Å². The molecule has 6 heavy (non-hydrogen) atoms. The normalized spacial score (nSPS) is 9.17. The Kier molecular flexibility index (Phi) is 1.49. The van der Waals surface area contributed by atoms with Crippen molar-refractivity contribution >= 4 is 6.09 Å². The predicted molar refractivity (Wildman–Crippen MR) is 13.1 cm³/mol.